The predicted molar refractivity (Wildman–Crippen MR) is 58.1 cm³/mol. The highest BCUT2D eigenvalue weighted by molar-refractivity contribution is 5.78. The summed E-state index contributed by atoms with van der Waals surface area (Å²) >= 11 is 0. The number of likely N-dealkylation sites (N-methyl/N-ethyl adjacent to an activating group) is 1. The van der Waals surface area contributed by atoms with Crippen LogP contribution in [0.2, 0.25) is 0 Å². The van der Waals surface area contributed by atoms with Gasteiger partial charge in [-0.2, -0.15) is 0 Å². The quantitative estimate of drug-likeness (QED) is 0.163. The summed E-state index contributed by atoms with van der Waals surface area (Å²) in [6.07, 6.45) is 0. The lowest BCUT2D eigenvalue weighted by Crippen LogP contribution is -2.42. The average Bonchev–Trinajstić information content (AvgIpc) is 2.16. The smallest absolute Gasteiger partial charge is 0.205 e. The van der Waals surface area contributed by atoms with E-state index >= 15 is 0 Å². The first-order valence-electron chi connectivity index (χ1n) is 4.60. The third-order valence-electron chi connectivity index (χ3n) is 1.58. The van der Waals surface area contributed by atoms with Crippen molar-refractivity contribution in [2.45, 2.75) is 0 Å². The molecule has 0 aliphatic carbocycles. The largest absolute Gasteiger partial charge is 0.378 e. The molecule has 0 amide bonds. The Balaban J connectivity index is 3.21. The van der Waals surface area contributed by atoms with Crippen LogP contribution in [0.15, 0.2) is 4.99 Å². The Morgan fingerprint density at radius 2 is 2.14 bits per heavy atom. The van der Waals surface area contributed by atoms with Gasteiger partial charge in [0.1, 0.15) is 0 Å². The van der Waals surface area contributed by atoms with Crippen molar-refractivity contribution < 1.29 is 4.74 Å². The van der Waals surface area contributed by atoms with E-state index in [1.165, 1.54) is 0 Å². The Hall–Kier alpha value is -0.850. The lowest BCUT2D eigenvalue weighted by molar-refractivity contribution is 0.121. The molecule has 0 rings (SSSR count). The van der Waals surface area contributed by atoms with Gasteiger partial charge < -0.3 is 15.0 Å². The zero-order chi connectivity index (χ0) is 10.8. The molecule has 0 aromatic rings. The second-order valence-electron chi connectivity index (χ2n) is 3.06. The van der Waals surface area contributed by atoms with Crippen molar-refractivity contribution in [3.05, 3.63) is 0 Å². The monoisotopic (exact) mass is 203 g/mol. The van der Waals surface area contributed by atoms with E-state index in [0.717, 1.165) is 13.2 Å². The van der Waals surface area contributed by atoms with Gasteiger partial charge in [0.25, 0.3) is 0 Å². The van der Waals surface area contributed by atoms with Crippen LogP contribution in [0.5, 0.6) is 0 Å². The Kier molecular flexibility index (Phi) is 8.20. The topological polar surface area (TPSA) is 74.9 Å². The summed E-state index contributed by atoms with van der Waals surface area (Å²) in [5, 5.41) is 2.98. The maximum atomic E-state index is 5.36. The molecular formula is C8H21N5O. The fourth-order valence-electron chi connectivity index (χ4n) is 0.785. The van der Waals surface area contributed by atoms with Crippen LogP contribution in [0.1, 0.15) is 0 Å². The predicted octanol–water partition coefficient (Wildman–Crippen LogP) is -1.40. The van der Waals surface area contributed by atoms with Gasteiger partial charge in [0, 0.05) is 20.1 Å². The molecule has 0 aromatic heterocycles. The van der Waals surface area contributed by atoms with E-state index in [4.69, 9.17) is 10.6 Å². The molecular weight excluding hydrogens is 182 g/mol. The Bertz CT molecular complexity index is 160. The van der Waals surface area contributed by atoms with Crippen molar-refractivity contribution in [2.24, 2.45) is 10.8 Å². The fourth-order valence-corrected chi connectivity index (χ4v) is 0.785. The summed E-state index contributed by atoms with van der Waals surface area (Å²) in [6.45, 7) is 3.02. The van der Waals surface area contributed by atoms with E-state index in [9.17, 15) is 0 Å². The molecule has 0 atom stereocenters. The third kappa shape index (κ3) is 7.78. The molecule has 0 bridgehead atoms. The Morgan fingerprint density at radius 1 is 1.43 bits per heavy atom. The van der Waals surface area contributed by atoms with Crippen molar-refractivity contribution in [1.82, 2.24) is 15.6 Å². The maximum absolute atomic E-state index is 5.36. The number of nitrogens with one attached hydrogen (secondary N) is 2. The first-order valence-corrected chi connectivity index (χ1v) is 4.60. The number of nitrogens with zero attached hydrogens (tertiary/aromatic N) is 2. The van der Waals surface area contributed by atoms with Gasteiger partial charge in [-0.1, -0.05) is 0 Å². The van der Waals surface area contributed by atoms with E-state index in [1.54, 1.807) is 7.05 Å². The molecule has 14 heavy (non-hydrogen) atoms. The molecule has 0 saturated heterocycles. The molecule has 0 saturated carbocycles. The number of guanidine groups is 1. The van der Waals surface area contributed by atoms with Crippen molar-refractivity contribution >= 4 is 5.96 Å². The van der Waals surface area contributed by atoms with Gasteiger partial charge in [0.05, 0.1) is 13.2 Å². The van der Waals surface area contributed by atoms with Crippen LogP contribution < -0.4 is 16.6 Å². The second kappa shape index (κ2) is 8.74. The van der Waals surface area contributed by atoms with Crippen LogP contribution in [0.4, 0.5) is 0 Å². The van der Waals surface area contributed by atoms with E-state index in [2.05, 4.69) is 20.6 Å². The minimum absolute atomic E-state index is 0.571. The minimum Gasteiger partial charge on any atom is -0.378 e. The summed E-state index contributed by atoms with van der Waals surface area (Å²) < 4.78 is 5.36. The third-order valence-corrected chi connectivity index (χ3v) is 1.58. The minimum atomic E-state index is 0.571. The van der Waals surface area contributed by atoms with E-state index in [1.807, 2.05) is 14.1 Å². The standard InChI is InChI=1S/C8H21N5O/c1-10-8(12-9)11-4-6-14-7-5-13(2)3/h4-7,9H2,1-3H3,(H2,10,11,12). The number of nitrogens with two attached hydrogens (primary N) is 1. The molecule has 0 aliphatic heterocycles. The van der Waals surface area contributed by atoms with E-state index in [0.29, 0.717) is 19.1 Å². The summed E-state index contributed by atoms with van der Waals surface area (Å²) in [5.74, 6) is 5.74. The normalized spacial score (nSPS) is 11.9. The molecule has 0 radical (unpaired) electrons. The number of hydrazine groups is 1. The van der Waals surface area contributed by atoms with Crippen molar-refractivity contribution in [1.29, 1.82) is 0 Å². The Morgan fingerprint density at radius 3 is 2.64 bits per heavy atom. The zero-order valence-corrected chi connectivity index (χ0v) is 9.21. The zero-order valence-electron chi connectivity index (χ0n) is 9.21. The number of aliphatic imine (C=N–C) groups is 1. The van der Waals surface area contributed by atoms with Crippen LogP contribution in [-0.2, 0) is 4.74 Å². The maximum Gasteiger partial charge on any atom is 0.205 e. The van der Waals surface area contributed by atoms with Gasteiger partial charge in [0.15, 0.2) is 0 Å². The highest BCUT2D eigenvalue weighted by Gasteiger charge is 1.93. The average molecular weight is 203 g/mol. The number of rotatable bonds is 6. The lowest BCUT2D eigenvalue weighted by Gasteiger charge is -2.11. The molecule has 0 spiro atoms. The lowest BCUT2D eigenvalue weighted by atomic mass is 10.6. The van der Waals surface area contributed by atoms with Gasteiger partial charge in [-0.3, -0.25) is 10.4 Å². The van der Waals surface area contributed by atoms with Crippen molar-refractivity contribution in [2.75, 3.05) is 47.4 Å². The molecule has 4 N–H and O–H groups in total. The summed E-state index contributed by atoms with van der Waals surface area (Å²) in [4.78, 5) is 5.94. The van der Waals surface area contributed by atoms with Gasteiger partial charge in [-0.25, -0.2) is 5.84 Å². The molecule has 6 nitrogen and oxygen atoms in total. The van der Waals surface area contributed by atoms with Crippen LogP contribution in [0.25, 0.3) is 0 Å². The molecule has 0 unspecified atom stereocenters. The number of hydrogen-bond donors (Lipinski definition) is 3. The molecule has 0 fully saturated rings. The SMILES string of the molecule is CN=C(NN)NCCOCCN(C)C. The first kappa shape index (κ1) is 13.2. The van der Waals surface area contributed by atoms with E-state index < -0.39 is 0 Å². The van der Waals surface area contributed by atoms with Crippen LogP contribution >= 0.6 is 0 Å². The van der Waals surface area contributed by atoms with Gasteiger partial charge in [0.2, 0.25) is 5.96 Å². The number of hydrogen-bond acceptors (Lipinski definition) is 4. The van der Waals surface area contributed by atoms with Crippen molar-refractivity contribution in [3.63, 3.8) is 0 Å². The Labute approximate surface area is 85.5 Å². The molecule has 6 heteroatoms. The summed E-state index contributed by atoms with van der Waals surface area (Å²) in [5.41, 5.74) is 2.44. The van der Waals surface area contributed by atoms with Crippen molar-refractivity contribution in [3.8, 4) is 0 Å². The molecule has 84 valence electrons. The number of ether oxygens (including phenoxy) is 1. The van der Waals surface area contributed by atoms with Crippen LogP contribution in [0.3, 0.4) is 0 Å². The van der Waals surface area contributed by atoms with Gasteiger partial charge in [-0.05, 0) is 14.1 Å². The molecule has 0 heterocycles. The van der Waals surface area contributed by atoms with Gasteiger partial charge >= 0.3 is 0 Å². The van der Waals surface area contributed by atoms with Gasteiger partial charge in [-0.15, -0.1) is 0 Å². The summed E-state index contributed by atoms with van der Waals surface area (Å²) in [6, 6.07) is 0. The highest BCUT2D eigenvalue weighted by atomic mass is 16.5. The highest BCUT2D eigenvalue weighted by Crippen LogP contribution is 1.77. The second-order valence-corrected chi connectivity index (χ2v) is 3.06. The summed E-state index contributed by atoms with van der Waals surface area (Å²) in [7, 11) is 5.69. The molecule has 0 aromatic carbocycles. The first-order chi connectivity index (χ1) is 6.70. The van der Waals surface area contributed by atoms with E-state index in [-0.39, 0.29) is 0 Å². The molecule has 0 aliphatic rings. The van der Waals surface area contributed by atoms with Crippen LogP contribution in [0, 0.1) is 0 Å². The van der Waals surface area contributed by atoms with Crippen LogP contribution in [-0.4, -0.2) is 58.3 Å². The fraction of sp³-hybridized carbons (Fsp3) is 0.875.